The topological polar surface area (TPSA) is 33.5 Å². The van der Waals surface area contributed by atoms with Crippen molar-refractivity contribution in [2.24, 2.45) is 0 Å². The highest BCUT2D eigenvalue weighted by Crippen LogP contribution is 2.25. The van der Waals surface area contributed by atoms with E-state index in [0.29, 0.717) is 12.8 Å². The molecule has 0 bridgehead atoms. The molecule has 0 saturated carbocycles. The number of anilines is 1. The number of imidazole rings is 1. The molecule has 0 amide bonds. The van der Waals surface area contributed by atoms with Crippen molar-refractivity contribution in [3.63, 3.8) is 0 Å². The molecule has 2 aromatic rings. The molecule has 0 unspecified atom stereocenters. The van der Waals surface area contributed by atoms with Gasteiger partial charge in [0.05, 0.1) is 17.4 Å². The monoisotopic (exact) mass is 316 g/mol. The molecular weight excluding hydrogens is 288 g/mol. The summed E-state index contributed by atoms with van der Waals surface area (Å²) in [5, 5.41) is 0. The van der Waals surface area contributed by atoms with Gasteiger partial charge in [-0.2, -0.15) is 0 Å². The molecule has 0 spiro atoms. The van der Waals surface area contributed by atoms with E-state index in [1.807, 2.05) is 6.33 Å². The van der Waals surface area contributed by atoms with Crippen LogP contribution in [0.2, 0.25) is 0 Å². The zero-order valence-corrected chi connectivity index (χ0v) is 14.5. The van der Waals surface area contributed by atoms with Crippen molar-refractivity contribution in [3.8, 4) is 0 Å². The molecule has 0 N–H and O–H groups in total. The van der Waals surface area contributed by atoms with E-state index in [9.17, 15) is 0 Å². The van der Waals surface area contributed by atoms with Gasteiger partial charge < -0.3 is 19.1 Å². The number of hydrogen-bond donors (Lipinski definition) is 0. The minimum Gasteiger partial charge on any atom is -0.371 e. The van der Waals surface area contributed by atoms with E-state index in [1.54, 1.807) is 0 Å². The van der Waals surface area contributed by atoms with Gasteiger partial charge in [0, 0.05) is 31.4 Å². The third-order valence-electron chi connectivity index (χ3n) is 4.74. The first-order valence-electron chi connectivity index (χ1n) is 8.63. The van der Waals surface area contributed by atoms with Crippen LogP contribution in [0.25, 0.3) is 11.0 Å². The number of piperidine rings is 1. The van der Waals surface area contributed by atoms with Gasteiger partial charge in [-0.05, 0) is 51.6 Å². The summed E-state index contributed by atoms with van der Waals surface area (Å²) < 4.78 is 7.76. The van der Waals surface area contributed by atoms with Crippen LogP contribution in [0.4, 0.5) is 5.69 Å². The Morgan fingerprint density at radius 1 is 1.26 bits per heavy atom. The molecular formula is C18H28N4O. The molecule has 1 saturated heterocycles. The smallest absolute Gasteiger partial charge is 0.124 e. The van der Waals surface area contributed by atoms with E-state index >= 15 is 0 Å². The minimum absolute atomic E-state index is 0.580. The van der Waals surface area contributed by atoms with Crippen LogP contribution in [0.15, 0.2) is 24.5 Å². The highest BCUT2D eigenvalue weighted by molar-refractivity contribution is 5.79. The second-order valence-corrected chi connectivity index (χ2v) is 6.61. The lowest BCUT2D eigenvalue weighted by Crippen LogP contribution is -2.41. The minimum atomic E-state index is 0.580. The lowest BCUT2D eigenvalue weighted by Gasteiger charge is -2.36. The van der Waals surface area contributed by atoms with Gasteiger partial charge in [0.2, 0.25) is 0 Å². The van der Waals surface area contributed by atoms with Crippen molar-refractivity contribution >= 4 is 16.7 Å². The van der Waals surface area contributed by atoms with Crippen LogP contribution < -0.4 is 4.90 Å². The number of aromatic nitrogens is 2. The molecule has 5 heteroatoms. The standard InChI is InChI=1S/C18H28N4O/c1-4-11-23-14-22-13-19-17-6-5-16(12-18(17)22)21-9-7-15(8-10-21)20(2)3/h5-6,12-13,15H,4,7-11,14H2,1-3H3. The summed E-state index contributed by atoms with van der Waals surface area (Å²) in [5.74, 6) is 0. The predicted octanol–water partition coefficient (Wildman–Crippen LogP) is 2.95. The van der Waals surface area contributed by atoms with E-state index in [1.165, 1.54) is 18.5 Å². The van der Waals surface area contributed by atoms with E-state index in [-0.39, 0.29) is 0 Å². The summed E-state index contributed by atoms with van der Waals surface area (Å²) in [7, 11) is 4.36. The fourth-order valence-corrected chi connectivity index (χ4v) is 3.29. The Morgan fingerprint density at radius 2 is 2.04 bits per heavy atom. The molecule has 1 aromatic carbocycles. The molecule has 0 aliphatic carbocycles. The Labute approximate surface area is 138 Å². The zero-order chi connectivity index (χ0) is 16.2. The Bertz CT molecular complexity index is 629. The van der Waals surface area contributed by atoms with Crippen LogP contribution in [0, 0.1) is 0 Å². The Kier molecular flexibility index (Phi) is 5.18. The van der Waals surface area contributed by atoms with Crippen LogP contribution in [0.3, 0.4) is 0 Å². The lowest BCUT2D eigenvalue weighted by atomic mass is 10.0. The molecule has 126 valence electrons. The third-order valence-corrected chi connectivity index (χ3v) is 4.74. The van der Waals surface area contributed by atoms with Crippen molar-refractivity contribution < 1.29 is 4.74 Å². The van der Waals surface area contributed by atoms with Gasteiger partial charge in [-0.15, -0.1) is 0 Å². The Morgan fingerprint density at radius 3 is 2.74 bits per heavy atom. The molecule has 0 radical (unpaired) electrons. The highest BCUT2D eigenvalue weighted by Gasteiger charge is 2.21. The second kappa shape index (κ2) is 7.32. The van der Waals surface area contributed by atoms with Gasteiger partial charge in [-0.3, -0.25) is 0 Å². The number of rotatable bonds is 6. The first-order chi connectivity index (χ1) is 11.2. The summed E-state index contributed by atoms with van der Waals surface area (Å²) in [5.41, 5.74) is 3.50. The summed E-state index contributed by atoms with van der Waals surface area (Å²) >= 11 is 0. The molecule has 23 heavy (non-hydrogen) atoms. The fourth-order valence-electron chi connectivity index (χ4n) is 3.29. The van der Waals surface area contributed by atoms with Crippen molar-refractivity contribution in [1.29, 1.82) is 0 Å². The maximum Gasteiger partial charge on any atom is 0.124 e. The quantitative estimate of drug-likeness (QED) is 0.767. The third kappa shape index (κ3) is 3.67. The number of hydrogen-bond acceptors (Lipinski definition) is 4. The average Bonchev–Trinajstić information content (AvgIpc) is 2.97. The normalized spacial score (nSPS) is 16.6. The number of nitrogens with zero attached hydrogens (tertiary/aromatic N) is 4. The molecule has 1 aliphatic rings. The summed E-state index contributed by atoms with van der Waals surface area (Å²) in [6.07, 6.45) is 5.37. The van der Waals surface area contributed by atoms with Gasteiger partial charge in [0.1, 0.15) is 6.73 Å². The SMILES string of the molecule is CCCOCn1cnc2ccc(N3CCC(N(C)C)CC3)cc21. The molecule has 0 atom stereocenters. The molecule has 1 aliphatic heterocycles. The summed E-state index contributed by atoms with van der Waals surface area (Å²) in [4.78, 5) is 9.31. The Hall–Kier alpha value is -1.59. The van der Waals surface area contributed by atoms with Crippen LogP contribution in [0.5, 0.6) is 0 Å². The van der Waals surface area contributed by atoms with Gasteiger partial charge in [0.25, 0.3) is 0 Å². The predicted molar refractivity (Wildman–Crippen MR) is 94.9 cm³/mol. The van der Waals surface area contributed by atoms with Gasteiger partial charge >= 0.3 is 0 Å². The molecule has 1 fully saturated rings. The first-order valence-corrected chi connectivity index (χ1v) is 8.63. The fraction of sp³-hybridized carbons (Fsp3) is 0.611. The number of benzene rings is 1. The average molecular weight is 316 g/mol. The van der Waals surface area contributed by atoms with Crippen LogP contribution >= 0.6 is 0 Å². The number of ether oxygens (including phenoxy) is 1. The second-order valence-electron chi connectivity index (χ2n) is 6.61. The van der Waals surface area contributed by atoms with Crippen molar-refractivity contribution in [2.75, 3.05) is 38.7 Å². The number of fused-ring (bicyclic) bond motifs is 1. The largest absolute Gasteiger partial charge is 0.371 e. The van der Waals surface area contributed by atoms with Crippen molar-refractivity contribution in [2.45, 2.75) is 39.0 Å². The summed E-state index contributed by atoms with van der Waals surface area (Å²) in [6, 6.07) is 7.29. The first kappa shape index (κ1) is 16.3. The maximum atomic E-state index is 5.66. The molecule has 3 rings (SSSR count). The maximum absolute atomic E-state index is 5.66. The van der Waals surface area contributed by atoms with Gasteiger partial charge in [-0.1, -0.05) is 6.92 Å². The Balaban J connectivity index is 1.73. The van der Waals surface area contributed by atoms with Crippen molar-refractivity contribution in [3.05, 3.63) is 24.5 Å². The molecule has 1 aromatic heterocycles. The molecule has 5 nitrogen and oxygen atoms in total. The van der Waals surface area contributed by atoms with E-state index < -0.39 is 0 Å². The van der Waals surface area contributed by atoms with Crippen LogP contribution in [0.1, 0.15) is 26.2 Å². The van der Waals surface area contributed by atoms with Crippen LogP contribution in [-0.4, -0.2) is 54.3 Å². The zero-order valence-electron chi connectivity index (χ0n) is 14.5. The van der Waals surface area contributed by atoms with Crippen LogP contribution in [-0.2, 0) is 11.5 Å². The van der Waals surface area contributed by atoms with E-state index in [4.69, 9.17) is 4.74 Å². The van der Waals surface area contributed by atoms with E-state index in [2.05, 4.69) is 58.6 Å². The lowest BCUT2D eigenvalue weighted by molar-refractivity contribution is 0.0800. The summed E-state index contributed by atoms with van der Waals surface area (Å²) in [6.45, 7) is 5.74. The van der Waals surface area contributed by atoms with Gasteiger partial charge in [0.15, 0.2) is 0 Å². The van der Waals surface area contributed by atoms with Gasteiger partial charge in [-0.25, -0.2) is 4.98 Å². The van der Waals surface area contributed by atoms with Crippen molar-refractivity contribution in [1.82, 2.24) is 14.5 Å². The highest BCUT2D eigenvalue weighted by atomic mass is 16.5. The molecule has 2 heterocycles. The van der Waals surface area contributed by atoms with E-state index in [0.717, 1.165) is 37.2 Å².